The topological polar surface area (TPSA) is 496 Å². The number of unbranched alkanes of at least 4 members (excludes halogenated alkanes) is 6. The quantitative estimate of drug-likeness (QED) is 0.0191. The van der Waals surface area contributed by atoms with E-state index in [0.717, 1.165) is 44.3 Å². The maximum atomic E-state index is 12.8. The van der Waals surface area contributed by atoms with Crippen LogP contribution in [-0.2, 0) is 99.4 Å². The SMILES string of the molecule is CC(=O)SCCCCCC(=O)N[C@@H](CC(=O)ON1C(=O)CCC1=O)C(=O)NCCCC(=O)OCc1oc(=O)oc1C.CNC(=O)C[C@H](NC(=O)CCCCCS)C(=O)NCCN.CNC(=O)C[C@H](NC(=O)CCCCCSC(C)=O)C(=O)NCCCC(=O)OCc1oc(=O)oc1C. The Bertz CT molecular complexity index is 3020. The Morgan fingerprint density at radius 3 is 1.20 bits per heavy atom. The summed E-state index contributed by atoms with van der Waals surface area (Å²) in [5.41, 5.74) is 5.31. The molecule has 1 aliphatic heterocycles. The number of imide groups is 1. The number of nitrogens with zero attached hydrogens (tertiary/aromatic N) is 1. The first-order valence-corrected chi connectivity index (χ1v) is 34.0. The van der Waals surface area contributed by atoms with Crippen molar-refractivity contribution in [2.24, 2.45) is 5.73 Å². The van der Waals surface area contributed by atoms with Crippen LogP contribution >= 0.6 is 36.2 Å². The number of ether oxygens (including phenoxy) is 2. The number of rotatable bonds is 44. The molecule has 2 aromatic rings. The number of thiol groups is 1. The molecule has 1 aliphatic rings. The Balaban J connectivity index is 0.000000765. The van der Waals surface area contributed by atoms with Gasteiger partial charge in [0.2, 0.25) is 47.3 Å². The molecule has 3 atom stereocenters. The second kappa shape index (κ2) is 51.0. The van der Waals surface area contributed by atoms with Crippen LogP contribution in [0, 0.1) is 13.8 Å². The second-order valence-electron chi connectivity index (χ2n) is 21.3. The van der Waals surface area contributed by atoms with Crippen LogP contribution in [0.1, 0.15) is 172 Å². The Hall–Kier alpha value is -8.32. The molecule has 2 aromatic heterocycles. The lowest BCUT2D eigenvalue weighted by atomic mass is 10.1. The summed E-state index contributed by atoms with van der Waals surface area (Å²) in [5.74, 6) is -6.14. The molecule has 0 radical (unpaired) electrons. The normalized spacial score (nSPS) is 12.4. The van der Waals surface area contributed by atoms with Gasteiger partial charge in [-0.25, -0.2) is 14.4 Å². The lowest BCUT2D eigenvalue weighted by molar-refractivity contribution is -0.197. The fourth-order valence-corrected chi connectivity index (χ4v) is 9.50. The molecule has 0 unspecified atom stereocenters. The van der Waals surface area contributed by atoms with Gasteiger partial charge in [0.1, 0.15) is 18.1 Å². The van der Waals surface area contributed by atoms with E-state index >= 15 is 0 Å². The molecule has 34 nitrogen and oxygen atoms in total. The fraction of sp³-hybridized carbons (Fsp3) is 0.650. The van der Waals surface area contributed by atoms with Gasteiger partial charge in [-0.2, -0.15) is 12.6 Å². The summed E-state index contributed by atoms with van der Waals surface area (Å²) in [4.78, 5) is 205. The van der Waals surface area contributed by atoms with Crippen LogP contribution in [0.2, 0.25) is 0 Å². The van der Waals surface area contributed by atoms with E-state index in [1.54, 1.807) is 0 Å². The first-order chi connectivity index (χ1) is 46.1. The first-order valence-electron chi connectivity index (χ1n) is 31.4. The number of esters is 2. The van der Waals surface area contributed by atoms with E-state index in [-0.39, 0.29) is 142 Å². The highest BCUT2D eigenvalue weighted by Crippen LogP contribution is 2.15. The largest absolute Gasteiger partial charge is 0.519 e. The van der Waals surface area contributed by atoms with Gasteiger partial charge in [-0.15, -0.1) is 5.06 Å². The summed E-state index contributed by atoms with van der Waals surface area (Å²) < 4.78 is 28.8. The number of aryl methyl sites for hydroxylation is 2. The highest BCUT2D eigenvalue weighted by atomic mass is 32.2. The second-order valence-corrected chi connectivity index (χ2v) is 24.2. The Morgan fingerprint density at radius 1 is 0.485 bits per heavy atom. The van der Waals surface area contributed by atoms with Crippen molar-refractivity contribution in [1.29, 1.82) is 0 Å². The Kier molecular flexibility index (Phi) is 45.6. The van der Waals surface area contributed by atoms with Crippen LogP contribution in [0.25, 0.3) is 0 Å². The van der Waals surface area contributed by atoms with E-state index in [0.29, 0.717) is 55.3 Å². The highest BCUT2D eigenvalue weighted by Gasteiger charge is 2.35. The van der Waals surface area contributed by atoms with Crippen LogP contribution in [0.5, 0.6) is 0 Å². The lowest BCUT2D eigenvalue weighted by Crippen LogP contribution is -2.49. The standard InChI is InChI=1S/C25H33N3O12S.C22H33N3O9S.C13H26N4O3S/c1-15-18(39-25(36)38-15)14-37-22(33)8-6-11-26-24(35)17(13-23(34)40-28-20(31)9-10-21(28)32)27-19(30)7-4-3-5-12-41-16(2)29;1-14-17(34-22(31)33-14)13-32-20(29)9-7-10-24-21(30)16(12-19(28)23-3)25-18(27)8-5-4-6-11-35-15(2)26;1-15-12(19)9-10(13(20)16-7-6-14)17-11(18)5-3-2-4-8-21/h17H,3-14H2,1-2H3,(H,26,35)(H,27,30);16H,4-13H2,1-3H3,(H,23,28)(H,24,30)(H,25,27);10,21H,2-9,14H2,1H3,(H,15,19)(H,16,20)(H,17,18)/t17-;16-;10-/m000/s1. The summed E-state index contributed by atoms with van der Waals surface area (Å²) in [6.07, 6.45) is 6.42. The third-order valence-electron chi connectivity index (χ3n) is 13.2. The summed E-state index contributed by atoms with van der Waals surface area (Å²) >= 11 is 6.54. The smallest absolute Gasteiger partial charge is 0.457 e. The number of hydrogen-bond donors (Lipinski definition) is 10. The number of amides is 10. The van der Waals surface area contributed by atoms with Crippen molar-refractivity contribution in [3.63, 3.8) is 0 Å². The predicted molar refractivity (Wildman–Crippen MR) is 351 cm³/mol. The van der Waals surface area contributed by atoms with E-state index in [4.69, 9.17) is 28.9 Å². The molecule has 0 bridgehead atoms. The molecule has 544 valence electrons. The van der Waals surface area contributed by atoms with Gasteiger partial charge < -0.3 is 80.2 Å². The lowest BCUT2D eigenvalue weighted by Gasteiger charge is -2.19. The number of carbonyl (C=O) groups is 15. The molecule has 3 rings (SSSR count). The monoisotopic (exact) mass is 1430 g/mol. The number of thioether (sulfide) groups is 2. The van der Waals surface area contributed by atoms with E-state index in [1.807, 2.05) is 0 Å². The van der Waals surface area contributed by atoms with E-state index in [2.05, 4.69) is 64.0 Å². The molecule has 1 saturated heterocycles. The molecule has 97 heavy (non-hydrogen) atoms. The number of hydroxylamine groups is 2. The van der Waals surface area contributed by atoms with Gasteiger partial charge in [0.05, 0.1) is 19.3 Å². The van der Waals surface area contributed by atoms with Crippen molar-refractivity contribution in [1.82, 2.24) is 47.6 Å². The zero-order valence-electron chi connectivity index (χ0n) is 55.5. The average Bonchev–Trinajstić information content (AvgIpc) is 1.85. The molecular formula is C60H92N10O24S3. The third-order valence-corrected chi connectivity index (χ3v) is 15.3. The van der Waals surface area contributed by atoms with E-state index < -0.39 is 95.4 Å². The van der Waals surface area contributed by atoms with Crippen molar-refractivity contribution in [3.8, 4) is 0 Å². The zero-order valence-corrected chi connectivity index (χ0v) is 58.1. The first kappa shape index (κ1) is 86.7. The van der Waals surface area contributed by atoms with E-state index in [1.165, 1.54) is 65.3 Å². The number of carbonyl (C=O) groups excluding carboxylic acids is 15. The molecule has 0 saturated carbocycles. The summed E-state index contributed by atoms with van der Waals surface area (Å²) in [6, 6.07) is -3.28. The molecule has 37 heteroatoms. The summed E-state index contributed by atoms with van der Waals surface area (Å²) in [5, 5.41) is 20.6. The van der Waals surface area contributed by atoms with Crippen molar-refractivity contribution in [2.45, 2.75) is 194 Å². The Labute approximate surface area is 573 Å². The van der Waals surface area contributed by atoms with Gasteiger partial charge in [-0.3, -0.25) is 67.1 Å². The fourth-order valence-electron chi connectivity index (χ4n) is 8.00. The minimum Gasteiger partial charge on any atom is -0.457 e. The van der Waals surface area contributed by atoms with Crippen LogP contribution < -0.4 is 59.9 Å². The molecule has 10 amide bonds. The predicted octanol–water partition coefficient (Wildman–Crippen LogP) is 0.917. The van der Waals surface area contributed by atoms with Gasteiger partial charge in [-0.1, -0.05) is 42.8 Å². The van der Waals surface area contributed by atoms with Gasteiger partial charge in [0.25, 0.3) is 11.8 Å². The molecule has 0 spiro atoms. The molecule has 0 aliphatic carbocycles. The van der Waals surface area contributed by atoms with Gasteiger partial charge in [0, 0.05) is 111 Å². The molecule has 10 N–H and O–H groups in total. The Morgan fingerprint density at radius 2 is 0.856 bits per heavy atom. The van der Waals surface area contributed by atoms with Gasteiger partial charge in [-0.05, 0) is 71.0 Å². The minimum atomic E-state index is -1.37. The number of nitrogens with one attached hydrogen (secondary N) is 8. The zero-order chi connectivity index (χ0) is 72.7. The van der Waals surface area contributed by atoms with Crippen molar-refractivity contribution < 1.29 is 104 Å². The van der Waals surface area contributed by atoms with E-state index in [9.17, 15) is 81.5 Å². The molecule has 0 aromatic carbocycles. The van der Waals surface area contributed by atoms with Gasteiger partial charge in [0.15, 0.2) is 46.5 Å². The van der Waals surface area contributed by atoms with Crippen molar-refractivity contribution in [2.75, 3.05) is 57.5 Å². The van der Waals surface area contributed by atoms with Crippen LogP contribution in [0.4, 0.5) is 0 Å². The maximum Gasteiger partial charge on any atom is 0.519 e. The average molecular weight is 1430 g/mol. The van der Waals surface area contributed by atoms with Crippen LogP contribution in [0.15, 0.2) is 27.3 Å². The number of hydrogen-bond acceptors (Lipinski definition) is 28. The molecule has 1 fully saturated rings. The van der Waals surface area contributed by atoms with Crippen molar-refractivity contribution >= 4 is 123 Å². The van der Waals surface area contributed by atoms with Crippen molar-refractivity contribution in [3.05, 3.63) is 44.3 Å². The van der Waals surface area contributed by atoms with Crippen LogP contribution in [0.3, 0.4) is 0 Å². The minimum absolute atomic E-state index is 0.00417. The van der Waals surface area contributed by atoms with Gasteiger partial charge >= 0.3 is 29.6 Å². The molecular weight excluding hydrogens is 1340 g/mol. The summed E-state index contributed by atoms with van der Waals surface area (Å²) in [6.45, 7) is 6.16. The highest BCUT2D eigenvalue weighted by molar-refractivity contribution is 8.13. The van der Waals surface area contributed by atoms with Crippen LogP contribution in [-0.4, -0.2) is 168 Å². The number of nitrogens with two attached hydrogens (primary N) is 1. The third kappa shape index (κ3) is 41.4. The summed E-state index contributed by atoms with van der Waals surface area (Å²) in [7, 11) is 2.91. The maximum absolute atomic E-state index is 12.8. The molecule has 3 heterocycles.